The van der Waals surface area contributed by atoms with Crippen molar-refractivity contribution in [1.29, 1.82) is 0 Å². The second-order valence-electron chi connectivity index (χ2n) is 4.68. The van der Waals surface area contributed by atoms with Crippen LogP contribution in [0.5, 0.6) is 5.75 Å². The van der Waals surface area contributed by atoms with E-state index in [1.807, 2.05) is 25.1 Å². The molecule has 2 rings (SSSR count). The summed E-state index contributed by atoms with van der Waals surface area (Å²) < 4.78 is 5.78. The number of fused-ring (bicyclic) bond motifs is 1. The molecule has 0 saturated heterocycles. The van der Waals surface area contributed by atoms with Crippen LogP contribution in [0.2, 0.25) is 5.02 Å². The molecular weight excluding hydrogens is 252 g/mol. The van der Waals surface area contributed by atoms with Crippen LogP contribution in [0.3, 0.4) is 0 Å². The van der Waals surface area contributed by atoms with E-state index in [0.29, 0.717) is 13.0 Å². The maximum absolute atomic E-state index is 10.8. The highest BCUT2D eigenvalue weighted by atomic mass is 35.5. The van der Waals surface area contributed by atoms with Crippen molar-refractivity contribution in [2.24, 2.45) is 5.73 Å². The summed E-state index contributed by atoms with van der Waals surface area (Å²) in [7, 11) is 0. The molecular formula is C13H17ClN2O2. The third-order valence-electron chi connectivity index (χ3n) is 2.97. The van der Waals surface area contributed by atoms with Gasteiger partial charge in [0, 0.05) is 30.5 Å². The molecule has 1 heterocycles. The van der Waals surface area contributed by atoms with Crippen molar-refractivity contribution in [2.75, 3.05) is 6.54 Å². The van der Waals surface area contributed by atoms with Gasteiger partial charge in [0.25, 0.3) is 0 Å². The quantitative estimate of drug-likeness (QED) is 0.851. The van der Waals surface area contributed by atoms with Gasteiger partial charge in [0.2, 0.25) is 5.91 Å². The van der Waals surface area contributed by atoms with Gasteiger partial charge < -0.3 is 15.8 Å². The van der Waals surface area contributed by atoms with Crippen LogP contribution in [0.15, 0.2) is 18.2 Å². The number of hydrogen-bond acceptors (Lipinski definition) is 3. The van der Waals surface area contributed by atoms with Gasteiger partial charge in [0.05, 0.1) is 0 Å². The molecule has 1 aliphatic heterocycles. The first-order chi connectivity index (χ1) is 8.54. The molecule has 18 heavy (non-hydrogen) atoms. The number of primary amides is 1. The van der Waals surface area contributed by atoms with Crippen LogP contribution < -0.4 is 15.8 Å². The zero-order chi connectivity index (χ0) is 13.1. The number of ether oxygens (including phenoxy) is 1. The van der Waals surface area contributed by atoms with Crippen molar-refractivity contribution in [3.63, 3.8) is 0 Å². The second kappa shape index (κ2) is 5.59. The SMILES string of the molecule is CC(CC(N)=O)NCC1Cc2cc(Cl)ccc2O1. The van der Waals surface area contributed by atoms with E-state index in [9.17, 15) is 4.79 Å². The molecule has 0 fully saturated rings. The van der Waals surface area contributed by atoms with Crippen molar-refractivity contribution in [1.82, 2.24) is 5.32 Å². The van der Waals surface area contributed by atoms with Crippen LogP contribution in [0, 0.1) is 0 Å². The van der Waals surface area contributed by atoms with E-state index < -0.39 is 0 Å². The maximum atomic E-state index is 10.8. The van der Waals surface area contributed by atoms with Crippen molar-refractivity contribution in [3.8, 4) is 5.75 Å². The van der Waals surface area contributed by atoms with E-state index in [1.54, 1.807) is 0 Å². The van der Waals surface area contributed by atoms with Gasteiger partial charge in [-0.3, -0.25) is 4.79 Å². The molecule has 1 aromatic rings. The van der Waals surface area contributed by atoms with Gasteiger partial charge in [-0.2, -0.15) is 0 Å². The smallest absolute Gasteiger partial charge is 0.218 e. The molecule has 98 valence electrons. The average molecular weight is 269 g/mol. The average Bonchev–Trinajstić information content (AvgIpc) is 2.67. The van der Waals surface area contributed by atoms with Gasteiger partial charge in [-0.25, -0.2) is 0 Å². The summed E-state index contributed by atoms with van der Waals surface area (Å²) in [6.07, 6.45) is 1.27. The molecule has 0 spiro atoms. The van der Waals surface area contributed by atoms with E-state index in [4.69, 9.17) is 22.1 Å². The molecule has 2 unspecified atom stereocenters. The van der Waals surface area contributed by atoms with Gasteiger partial charge in [0.1, 0.15) is 11.9 Å². The normalized spacial score (nSPS) is 19.1. The van der Waals surface area contributed by atoms with Crippen LogP contribution >= 0.6 is 11.6 Å². The van der Waals surface area contributed by atoms with Crippen molar-refractivity contribution in [2.45, 2.75) is 31.9 Å². The van der Waals surface area contributed by atoms with E-state index >= 15 is 0 Å². The predicted molar refractivity (Wildman–Crippen MR) is 70.8 cm³/mol. The summed E-state index contributed by atoms with van der Waals surface area (Å²) in [5.41, 5.74) is 6.27. The van der Waals surface area contributed by atoms with Crippen LogP contribution in [0.1, 0.15) is 18.9 Å². The lowest BCUT2D eigenvalue weighted by molar-refractivity contribution is -0.118. The van der Waals surface area contributed by atoms with Crippen molar-refractivity contribution in [3.05, 3.63) is 28.8 Å². The summed E-state index contributed by atoms with van der Waals surface area (Å²) in [6.45, 7) is 2.63. The van der Waals surface area contributed by atoms with E-state index in [2.05, 4.69) is 5.32 Å². The third-order valence-corrected chi connectivity index (χ3v) is 3.20. The fraction of sp³-hybridized carbons (Fsp3) is 0.462. The summed E-state index contributed by atoms with van der Waals surface area (Å²) in [5.74, 6) is 0.603. The lowest BCUT2D eigenvalue weighted by Crippen LogP contribution is -2.38. The standard InChI is InChI=1S/C13H17ClN2O2/c1-8(4-13(15)17)16-7-11-6-9-5-10(14)2-3-12(9)18-11/h2-3,5,8,11,16H,4,6-7H2,1H3,(H2,15,17). The Kier molecular flexibility index (Phi) is 4.09. The predicted octanol–water partition coefficient (Wildman–Crippen LogP) is 1.50. The van der Waals surface area contributed by atoms with Crippen LogP contribution in [-0.2, 0) is 11.2 Å². The Labute approximate surface area is 111 Å². The Bertz CT molecular complexity index is 451. The Morgan fingerprint density at radius 2 is 2.44 bits per heavy atom. The minimum atomic E-state index is -0.294. The number of hydrogen-bond donors (Lipinski definition) is 2. The van der Waals surface area contributed by atoms with Crippen LogP contribution in [0.25, 0.3) is 0 Å². The molecule has 4 nitrogen and oxygen atoms in total. The molecule has 0 saturated carbocycles. The number of nitrogens with two attached hydrogens (primary N) is 1. The Morgan fingerprint density at radius 3 is 3.17 bits per heavy atom. The van der Waals surface area contributed by atoms with Gasteiger partial charge in [-0.05, 0) is 30.7 Å². The topological polar surface area (TPSA) is 64.4 Å². The Morgan fingerprint density at radius 1 is 1.67 bits per heavy atom. The monoisotopic (exact) mass is 268 g/mol. The number of carbonyl (C=O) groups is 1. The summed E-state index contributed by atoms with van der Waals surface area (Å²) in [6, 6.07) is 5.72. The van der Waals surface area contributed by atoms with Crippen LogP contribution in [-0.4, -0.2) is 24.6 Å². The fourth-order valence-electron chi connectivity index (χ4n) is 2.11. The zero-order valence-corrected chi connectivity index (χ0v) is 11.0. The second-order valence-corrected chi connectivity index (χ2v) is 5.11. The summed E-state index contributed by atoms with van der Waals surface area (Å²) in [4.78, 5) is 10.8. The molecule has 0 bridgehead atoms. The first kappa shape index (κ1) is 13.2. The molecule has 2 atom stereocenters. The number of halogens is 1. The molecule has 0 aromatic heterocycles. The minimum absolute atomic E-state index is 0.0680. The van der Waals surface area contributed by atoms with Crippen molar-refractivity contribution >= 4 is 17.5 Å². The molecule has 3 N–H and O–H groups in total. The highest BCUT2D eigenvalue weighted by molar-refractivity contribution is 6.30. The van der Waals surface area contributed by atoms with Crippen molar-refractivity contribution < 1.29 is 9.53 Å². The molecule has 1 aromatic carbocycles. The summed E-state index contributed by atoms with van der Waals surface area (Å²) in [5, 5.41) is 3.98. The Hall–Kier alpha value is -1.26. The molecule has 1 amide bonds. The lowest BCUT2D eigenvalue weighted by Gasteiger charge is -2.16. The zero-order valence-electron chi connectivity index (χ0n) is 10.3. The first-order valence-corrected chi connectivity index (χ1v) is 6.39. The minimum Gasteiger partial charge on any atom is -0.488 e. The molecule has 0 radical (unpaired) electrons. The summed E-state index contributed by atoms with van der Waals surface area (Å²) >= 11 is 5.93. The number of amides is 1. The van der Waals surface area contributed by atoms with Gasteiger partial charge in [0.15, 0.2) is 0 Å². The van der Waals surface area contributed by atoms with Gasteiger partial charge in [-0.15, -0.1) is 0 Å². The van der Waals surface area contributed by atoms with E-state index in [1.165, 1.54) is 0 Å². The van der Waals surface area contributed by atoms with E-state index in [-0.39, 0.29) is 18.1 Å². The molecule has 1 aliphatic rings. The Balaban J connectivity index is 1.83. The molecule has 0 aliphatic carbocycles. The lowest BCUT2D eigenvalue weighted by atomic mass is 10.1. The first-order valence-electron chi connectivity index (χ1n) is 6.01. The van der Waals surface area contributed by atoms with E-state index in [0.717, 1.165) is 22.8 Å². The van der Waals surface area contributed by atoms with Gasteiger partial charge >= 0.3 is 0 Å². The number of rotatable bonds is 5. The largest absolute Gasteiger partial charge is 0.488 e. The maximum Gasteiger partial charge on any atom is 0.218 e. The number of nitrogens with one attached hydrogen (secondary N) is 1. The van der Waals surface area contributed by atoms with Gasteiger partial charge in [-0.1, -0.05) is 11.6 Å². The molecule has 5 heteroatoms. The number of benzene rings is 1. The highest BCUT2D eigenvalue weighted by Gasteiger charge is 2.23. The third kappa shape index (κ3) is 3.37. The fourth-order valence-corrected chi connectivity index (χ4v) is 2.30. The van der Waals surface area contributed by atoms with Crippen LogP contribution in [0.4, 0.5) is 0 Å². The highest BCUT2D eigenvalue weighted by Crippen LogP contribution is 2.30. The number of carbonyl (C=O) groups excluding carboxylic acids is 1.